The van der Waals surface area contributed by atoms with E-state index in [2.05, 4.69) is 5.32 Å². The van der Waals surface area contributed by atoms with E-state index in [1.807, 2.05) is 13.0 Å². The van der Waals surface area contributed by atoms with E-state index in [4.69, 9.17) is 25.8 Å². The Bertz CT molecular complexity index is 824. The normalized spacial score (nSPS) is 11.4. The summed E-state index contributed by atoms with van der Waals surface area (Å²) in [6, 6.07) is 12.4. The van der Waals surface area contributed by atoms with Crippen molar-refractivity contribution in [2.75, 3.05) is 19.0 Å². The van der Waals surface area contributed by atoms with Crippen molar-refractivity contribution in [3.05, 3.63) is 53.1 Å². The standard InChI is InChI=1S/C21H24ClNO5/c1-14-13-16(22)10-11-18(14)27-12-6-9-20(24)28-15(2)21(25)23-17-7-4-5-8-19(17)26-3/h4-5,7-8,10-11,13,15H,6,9,12H2,1-3H3,(H,23,25)/t15-/m0/s1. The fraction of sp³-hybridized carbons (Fsp3) is 0.333. The summed E-state index contributed by atoms with van der Waals surface area (Å²) in [5.41, 5.74) is 1.45. The Labute approximate surface area is 169 Å². The second-order valence-corrected chi connectivity index (χ2v) is 6.62. The van der Waals surface area contributed by atoms with E-state index in [1.54, 1.807) is 36.4 Å². The number of carbonyl (C=O) groups excluding carboxylic acids is 2. The van der Waals surface area contributed by atoms with Crippen molar-refractivity contribution in [2.45, 2.75) is 32.8 Å². The fourth-order valence-corrected chi connectivity index (χ4v) is 2.69. The molecule has 0 saturated heterocycles. The maximum Gasteiger partial charge on any atom is 0.306 e. The van der Waals surface area contributed by atoms with Gasteiger partial charge in [-0.3, -0.25) is 9.59 Å². The number of carbonyl (C=O) groups is 2. The minimum Gasteiger partial charge on any atom is -0.495 e. The van der Waals surface area contributed by atoms with Crippen LogP contribution in [-0.2, 0) is 14.3 Å². The molecule has 1 N–H and O–H groups in total. The largest absolute Gasteiger partial charge is 0.495 e. The molecule has 0 aromatic heterocycles. The van der Waals surface area contributed by atoms with Gasteiger partial charge < -0.3 is 19.5 Å². The number of rotatable bonds is 9. The fourth-order valence-electron chi connectivity index (χ4n) is 2.47. The molecule has 0 aliphatic heterocycles. The molecule has 0 aliphatic carbocycles. The van der Waals surface area contributed by atoms with Gasteiger partial charge in [0.15, 0.2) is 6.10 Å². The minimum absolute atomic E-state index is 0.152. The number of ether oxygens (including phenoxy) is 3. The highest BCUT2D eigenvalue weighted by Gasteiger charge is 2.19. The van der Waals surface area contributed by atoms with Crippen molar-refractivity contribution in [1.29, 1.82) is 0 Å². The van der Waals surface area contributed by atoms with Crippen LogP contribution in [0.3, 0.4) is 0 Å². The van der Waals surface area contributed by atoms with Crippen molar-refractivity contribution in [3.8, 4) is 11.5 Å². The quantitative estimate of drug-likeness (QED) is 0.494. The molecule has 0 spiro atoms. The monoisotopic (exact) mass is 405 g/mol. The predicted octanol–water partition coefficient (Wildman–Crippen LogP) is 4.39. The molecule has 0 saturated carbocycles. The zero-order chi connectivity index (χ0) is 20.5. The Morgan fingerprint density at radius 1 is 1.14 bits per heavy atom. The zero-order valence-corrected chi connectivity index (χ0v) is 16.9. The summed E-state index contributed by atoms with van der Waals surface area (Å²) in [5.74, 6) is 0.372. The molecule has 2 rings (SSSR count). The van der Waals surface area contributed by atoms with E-state index >= 15 is 0 Å². The van der Waals surface area contributed by atoms with Crippen LogP contribution in [0.25, 0.3) is 0 Å². The van der Waals surface area contributed by atoms with Crippen LogP contribution in [0.15, 0.2) is 42.5 Å². The topological polar surface area (TPSA) is 73.9 Å². The number of esters is 1. The van der Waals surface area contributed by atoms with Gasteiger partial charge >= 0.3 is 5.97 Å². The second kappa shape index (κ2) is 10.6. The molecule has 2 aromatic carbocycles. The molecule has 2 aromatic rings. The number of anilines is 1. The number of hydrogen-bond acceptors (Lipinski definition) is 5. The number of amides is 1. The van der Waals surface area contributed by atoms with Crippen molar-refractivity contribution < 1.29 is 23.8 Å². The lowest BCUT2D eigenvalue weighted by Gasteiger charge is -2.15. The lowest BCUT2D eigenvalue weighted by atomic mass is 10.2. The molecule has 1 atom stereocenters. The number of nitrogens with one attached hydrogen (secondary N) is 1. The summed E-state index contributed by atoms with van der Waals surface area (Å²) in [5, 5.41) is 3.34. The molecule has 0 bridgehead atoms. The van der Waals surface area contributed by atoms with Crippen LogP contribution < -0.4 is 14.8 Å². The van der Waals surface area contributed by atoms with Gasteiger partial charge in [-0.15, -0.1) is 0 Å². The van der Waals surface area contributed by atoms with E-state index in [1.165, 1.54) is 14.0 Å². The molecule has 0 heterocycles. The third kappa shape index (κ3) is 6.46. The second-order valence-electron chi connectivity index (χ2n) is 6.18. The SMILES string of the molecule is COc1ccccc1NC(=O)[C@H](C)OC(=O)CCCOc1ccc(Cl)cc1C. The van der Waals surface area contributed by atoms with Crippen LogP contribution in [-0.4, -0.2) is 31.7 Å². The van der Waals surface area contributed by atoms with Crippen LogP contribution in [0, 0.1) is 6.92 Å². The van der Waals surface area contributed by atoms with E-state index in [0.717, 1.165) is 11.3 Å². The molecule has 0 radical (unpaired) electrons. The van der Waals surface area contributed by atoms with Gasteiger partial charge in [-0.1, -0.05) is 23.7 Å². The third-order valence-corrected chi connectivity index (χ3v) is 4.20. The number of methoxy groups -OCH3 is 1. The highest BCUT2D eigenvalue weighted by Crippen LogP contribution is 2.23. The summed E-state index contributed by atoms with van der Waals surface area (Å²) < 4.78 is 16.0. The summed E-state index contributed by atoms with van der Waals surface area (Å²) in [6.45, 7) is 3.78. The minimum atomic E-state index is -0.920. The van der Waals surface area contributed by atoms with E-state index in [-0.39, 0.29) is 6.42 Å². The maximum atomic E-state index is 12.2. The summed E-state index contributed by atoms with van der Waals surface area (Å²) >= 11 is 5.91. The van der Waals surface area contributed by atoms with Crippen molar-refractivity contribution in [2.24, 2.45) is 0 Å². The van der Waals surface area contributed by atoms with Gasteiger partial charge in [0.25, 0.3) is 5.91 Å². The molecule has 7 heteroatoms. The maximum absolute atomic E-state index is 12.2. The highest BCUT2D eigenvalue weighted by molar-refractivity contribution is 6.30. The molecule has 28 heavy (non-hydrogen) atoms. The first-order valence-electron chi connectivity index (χ1n) is 8.93. The van der Waals surface area contributed by atoms with Crippen LogP contribution in [0.5, 0.6) is 11.5 Å². The van der Waals surface area contributed by atoms with Crippen molar-refractivity contribution >= 4 is 29.2 Å². The zero-order valence-electron chi connectivity index (χ0n) is 16.2. The summed E-state index contributed by atoms with van der Waals surface area (Å²) in [7, 11) is 1.52. The molecule has 1 amide bonds. The summed E-state index contributed by atoms with van der Waals surface area (Å²) in [4.78, 5) is 24.2. The number of halogens is 1. The third-order valence-electron chi connectivity index (χ3n) is 3.96. The molecule has 0 fully saturated rings. The van der Waals surface area contributed by atoms with Gasteiger partial charge in [-0.25, -0.2) is 0 Å². The van der Waals surface area contributed by atoms with E-state index in [9.17, 15) is 9.59 Å². The molecule has 150 valence electrons. The number of para-hydroxylation sites is 2. The van der Waals surface area contributed by atoms with Gasteiger partial charge in [0, 0.05) is 11.4 Å². The van der Waals surface area contributed by atoms with Gasteiger partial charge in [0.2, 0.25) is 0 Å². The Morgan fingerprint density at radius 3 is 2.61 bits per heavy atom. The lowest BCUT2D eigenvalue weighted by Crippen LogP contribution is -2.30. The Kier molecular flexibility index (Phi) is 8.14. The van der Waals surface area contributed by atoms with E-state index in [0.29, 0.717) is 29.5 Å². The smallest absolute Gasteiger partial charge is 0.306 e. The van der Waals surface area contributed by atoms with Crippen LogP contribution in [0.4, 0.5) is 5.69 Å². The average Bonchev–Trinajstić information content (AvgIpc) is 2.67. The first-order chi connectivity index (χ1) is 13.4. The highest BCUT2D eigenvalue weighted by atomic mass is 35.5. The predicted molar refractivity (Wildman–Crippen MR) is 108 cm³/mol. The number of aryl methyl sites for hydroxylation is 1. The van der Waals surface area contributed by atoms with Gasteiger partial charge in [0.05, 0.1) is 19.4 Å². The van der Waals surface area contributed by atoms with Gasteiger partial charge in [0.1, 0.15) is 11.5 Å². The Morgan fingerprint density at radius 2 is 1.89 bits per heavy atom. The first-order valence-corrected chi connectivity index (χ1v) is 9.31. The molecule has 0 aliphatic rings. The molecular formula is C21H24ClNO5. The van der Waals surface area contributed by atoms with Crippen LogP contribution in [0.1, 0.15) is 25.3 Å². The van der Waals surface area contributed by atoms with Crippen LogP contribution >= 0.6 is 11.6 Å². The molecule has 0 unspecified atom stereocenters. The van der Waals surface area contributed by atoms with Gasteiger partial charge in [-0.05, 0) is 56.2 Å². The molecule has 6 nitrogen and oxygen atoms in total. The summed E-state index contributed by atoms with van der Waals surface area (Å²) in [6.07, 6.45) is -0.294. The van der Waals surface area contributed by atoms with Crippen LogP contribution in [0.2, 0.25) is 5.02 Å². The lowest BCUT2D eigenvalue weighted by molar-refractivity contribution is -0.153. The average molecular weight is 406 g/mol. The van der Waals surface area contributed by atoms with Gasteiger partial charge in [-0.2, -0.15) is 0 Å². The Hall–Kier alpha value is -2.73. The first kappa shape index (κ1) is 21.6. The van der Waals surface area contributed by atoms with Crippen molar-refractivity contribution in [1.82, 2.24) is 0 Å². The Balaban J connectivity index is 1.73. The number of hydrogen-bond donors (Lipinski definition) is 1. The van der Waals surface area contributed by atoms with Crippen molar-refractivity contribution in [3.63, 3.8) is 0 Å². The molecular weight excluding hydrogens is 382 g/mol. The number of benzene rings is 2. The van der Waals surface area contributed by atoms with E-state index < -0.39 is 18.0 Å².